The maximum absolute atomic E-state index is 2.36. The Hall–Kier alpha value is 0. The molecule has 0 aromatic carbocycles. The highest BCUT2D eigenvalue weighted by atomic mass is 14.3. The normalized spacial score (nSPS) is 19.9. The highest BCUT2D eigenvalue weighted by molar-refractivity contribution is 4.72. The Labute approximate surface area is 237 Å². The van der Waals surface area contributed by atoms with Crippen molar-refractivity contribution in [1.29, 1.82) is 0 Å². The minimum Gasteiger partial charge on any atom is -0.0654 e. The van der Waals surface area contributed by atoms with Crippen LogP contribution >= 0.6 is 0 Å². The highest BCUT2D eigenvalue weighted by Crippen LogP contribution is 2.34. The van der Waals surface area contributed by atoms with Crippen LogP contribution in [0.15, 0.2) is 0 Å². The lowest BCUT2D eigenvalue weighted by Gasteiger charge is -2.28. The number of hydrogen-bond acceptors (Lipinski definition) is 0. The van der Waals surface area contributed by atoms with Crippen LogP contribution in [0.4, 0.5) is 0 Å². The van der Waals surface area contributed by atoms with E-state index in [1.807, 2.05) is 0 Å². The van der Waals surface area contributed by atoms with Gasteiger partial charge < -0.3 is 0 Å². The third-order valence-corrected chi connectivity index (χ3v) is 9.67. The summed E-state index contributed by atoms with van der Waals surface area (Å²) in [6.45, 7) is 4.69. The molecule has 0 nitrogen and oxygen atoms in total. The molecule has 0 amide bonds. The molecule has 0 aromatic heterocycles. The van der Waals surface area contributed by atoms with Crippen LogP contribution in [0.5, 0.6) is 0 Å². The molecular formula is C37H74. The average Bonchev–Trinajstić information content (AvgIpc) is 2.91. The first-order chi connectivity index (χ1) is 18.4. The van der Waals surface area contributed by atoms with Crippen molar-refractivity contribution in [2.24, 2.45) is 11.8 Å². The maximum atomic E-state index is 2.36. The molecule has 0 spiro atoms. The predicted octanol–water partition coefficient (Wildman–Crippen LogP) is 14.1. The summed E-state index contributed by atoms with van der Waals surface area (Å²) >= 11 is 0. The smallest absolute Gasteiger partial charge is 0.0386 e. The molecule has 0 bridgehead atoms. The van der Waals surface area contributed by atoms with Crippen molar-refractivity contribution in [1.82, 2.24) is 0 Å². The van der Waals surface area contributed by atoms with E-state index in [1.54, 1.807) is 25.7 Å². The van der Waals surface area contributed by atoms with Gasteiger partial charge in [0.05, 0.1) is 0 Å². The summed E-state index contributed by atoms with van der Waals surface area (Å²) in [7, 11) is 0. The van der Waals surface area contributed by atoms with E-state index in [1.165, 1.54) is 186 Å². The second-order valence-corrected chi connectivity index (χ2v) is 13.2. The molecule has 0 radical (unpaired) electrons. The van der Waals surface area contributed by atoms with Gasteiger partial charge in [-0.05, 0) is 11.8 Å². The second-order valence-electron chi connectivity index (χ2n) is 13.2. The van der Waals surface area contributed by atoms with Crippen LogP contribution in [0.25, 0.3) is 0 Å². The lowest BCUT2D eigenvalue weighted by atomic mass is 9.78. The van der Waals surface area contributed by atoms with Crippen LogP contribution < -0.4 is 0 Å². The molecule has 222 valence electrons. The van der Waals surface area contributed by atoms with Crippen LogP contribution in [-0.2, 0) is 0 Å². The fourth-order valence-electron chi connectivity index (χ4n) is 7.07. The second kappa shape index (κ2) is 29.0. The minimum atomic E-state index is 1.04. The van der Waals surface area contributed by atoms with Crippen molar-refractivity contribution >= 4 is 0 Å². The van der Waals surface area contributed by atoms with Gasteiger partial charge >= 0.3 is 0 Å². The molecule has 1 saturated carbocycles. The largest absolute Gasteiger partial charge is 0.0654 e. The summed E-state index contributed by atoms with van der Waals surface area (Å²) in [6, 6.07) is 0. The van der Waals surface area contributed by atoms with Crippen molar-refractivity contribution in [3.63, 3.8) is 0 Å². The van der Waals surface area contributed by atoms with Gasteiger partial charge in [-0.25, -0.2) is 0 Å². The van der Waals surface area contributed by atoms with Crippen LogP contribution in [0.2, 0.25) is 0 Å². The third-order valence-electron chi connectivity index (χ3n) is 9.67. The van der Waals surface area contributed by atoms with Crippen molar-refractivity contribution < 1.29 is 0 Å². The zero-order valence-corrected chi connectivity index (χ0v) is 26.5. The zero-order chi connectivity index (χ0) is 26.5. The summed E-state index contributed by atoms with van der Waals surface area (Å²) in [5, 5.41) is 0. The Kier molecular flexibility index (Phi) is 27.4. The molecule has 1 atom stereocenters. The maximum Gasteiger partial charge on any atom is -0.0386 e. The van der Waals surface area contributed by atoms with Gasteiger partial charge in [0.1, 0.15) is 0 Å². The summed E-state index contributed by atoms with van der Waals surface area (Å²) in [6.07, 6.45) is 49.4. The van der Waals surface area contributed by atoms with E-state index in [0.717, 1.165) is 11.8 Å². The van der Waals surface area contributed by atoms with E-state index in [-0.39, 0.29) is 0 Å². The van der Waals surface area contributed by atoms with Crippen molar-refractivity contribution in [3.05, 3.63) is 0 Å². The van der Waals surface area contributed by atoms with Gasteiger partial charge in [0, 0.05) is 0 Å². The van der Waals surface area contributed by atoms with E-state index in [4.69, 9.17) is 0 Å². The number of unbranched alkanes of at least 4 members (excludes halogenated alkanes) is 10. The zero-order valence-electron chi connectivity index (χ0n) is 26.5. The van der Waals surface area contributed by atoms with Crippen LogP contribution in [-0.4, -0.2) is 0 Å². The molecular weight excluding hydrogens is 444 g/mol. The Morgan fingerprint density at radius 1 is 0.351 bits per heavy atom. The standard InChI is InChI=1S/C37H74/c1-3-5-7-9-21-25-29-33-36(32-28-24-8-6-4-2)37-34-30-26-22-19-17-15-13-11-10-12-14-16-18-20-23-27-31-35-37/h36-37H,3-35H2,1-2H3. The molecule has 0 aliphatic heterocycles. The lowest BCUT2D eigenvalue weighted by Crippen LogP contribution is -2.16. The molecule has 1 aliphatic rings. The molecule has 1 fully saturated rings. The number of hydrogen-bond donors (Lipinski definition) is 0. The van der Waals surface area contributed by atoms with Crippen LogP contribution in [0.1, 0.15) is 226 Å². The summed E-state index contributed by atoms with van der Waals surface area (Å²) < 4.78 is 0. The van der Waals surface area contributed by atoms with Crippen LogP contribution in [0, 0.1) is 11.8 Å². The number of rotatable bonds is 15. The summed E-state index contributed by atoms with van der Waals surface area (Å²) in [5.41, 5.74) is 0. The fraction of sp³-hybridized carbons (Fsp3) is 1.00. The summed E-state index contributed by atoms with van der Waals surface area (Å²) in [5.74, 6) is 2.08. The Bertz CT molecular complexity index is 392. The van der Waals surface area contributed by atoms with Crippen molar-refractivity contribution in [3.8, 4) is 0 Å². The summed E-state index contributed by atoms with van der Waals surface area (Å²) in [4.78, 5) is 0. The van der Waals surface area contributed by atoms with E-state index >= 15 is 0 Å². The van der Waals surface area contributed by atoms with E-state index in [9.17, 15) is 0 Å². The van der Waals surface area contributed by atoms with Gasteiger partial charge in [-0.3, -0.25) is 0 Å². The van der Waals surface area contributed by atoms with Gasteiger partial charge in [-0.15, -0.1) is 0 Å². The molecule has 1 rings (SSSR count). The van der Waals surface area contributed by atoms with Gasteiger partial charge in [-0.1, -0.05) is 226 Å². The van der Waals surface area contributed by atoms with E-state index < -0.39 is 0 Å². The first-order valence-electron chi connectivity index (χ1n) is 18.4. The molecule has 0 heterocycles. The topological polar surface area (TPSA) is 0 Å². The Morgan fingerprint density at radius 3 is 0.946 bits per heavy atom. The molecule has 0 saturated heterocycles. The van der Waals surface area contributed by atoms with Gasteiger partial charge in [0.15, 0.2) is 0 Å². The molecule has 1 unspecified atom stereocenters. The van der Waals surface area contributed by atoms with Gasteiger partial charge in [-0.2, -0.15) is 0 Å². The van der Waals surface area contributed by atoms with Gasteiger partial charge in [0.25, 0.3) is 0 Å². The van der Waals surface area contributed by atoms with E-state index in [0.29, 0.717) is 0 Å². The fourth-order valence-corrected chi connectivity index (χ4v) is 7.07. The first-order valence-corrected chi connectivity index (χ1v) is 18.4. The average molecular weight is 519 g/mol. The quantitative estimate of drug-likeness (QED) is 0.189. The molecule has 1 aliphatic carbocycles. The third kappa shape index (κ3) is 23.6. The molecule has 0 aromatic rings. The molecule has 0 heteroatoms. The lowest BCUT2D eigenvalue weighted by molar-refractivity contribution is 0.236. The van der Waals surface area contributed by atoms with Crippen LogP contribution in [0.3, 0.4) is 0 Å². The van der Waals surface area contributed by atoms with Crippen molar-refractivity contribution in [2.75, 3.05) is 0 Å². The van der Waals surface area contributed by atoms with E-state index in [2.05, 4.69) is 13.8 Å². The first kappa shape index (κ1) is 35.0. The van der Waals surface area contributed by atoms with Crippen molar-refractivity contribution in [2.45, 2.75) is 226 Å². The predicted molar refractivity (Wildman–Crippen MR) is 171 cm³/mol. The Morgan fingerprint density at radius 2 is 0.622 bits per heavy atom. The SMILES string of the molecule is CCCCCCCCCC(CCCCCCC)C1CCCCCCCCCCCCCCCCCCC1. The minimum absolute atomic E-state index is 1.04. The molecule has 0 N–H and O–H groups in total. The Balaban J connectivity index is 2.54. The molecule has 37 heavy (non-hydrogen) atoms. The van der Waals surface area contributed by atoms with Gasteiger partial charge in [0.2, 0.25) is 0 Å². The highest BCUT2D eigenvalue weighted by Gasteiger charge is 2.20. The monoisotopic (exact) mass is 519 g/mol.